The monoisotopic (exact) mass is 122 g/mol. The molecule has 0 radical (unpaired) electrons. The summed E-state index contributed by atoms with van der Waals surface area (Å²) in [7, 11) is 0. The van der Waals surface area contributed by atoms with Crippen molar-refractivity contribution in [3.63, 3.8) is 0 Å². The van der Waals surface area contributed by atoms with Gasteiger partial charge in [-0.25, -0.2) is 4.99 Å². The normalized spacial score (nSPS) is 11.9. The van der Waals surface area contributed by atoms with Crippen LogP contribution in [0.3, 0.4) is 0 Å². The number of hydrogen-bond acceptors (Lipinski definition) is 0. The molecule has 1 nitrogen and oxygen atoms in total. The van der Waals surface area contributed by atoms with Crippen LogP contribution < -0.4 is 4.99 Å². The summed E-state index contributed by atoms with van der Waals surface area (Å²) in [4.78, 5) is 2.73. The van der Waals surface area contributed by atoms with E-state index in [0.717, 1.165) is 5.70 Å². The summed E-state index contributed by atoms with van der Waals surface area (Å²) in [6.07, 6.45) is 7.49. The van der Waals surface area contributed by atoms with Crippen LogP contribution in [0.25, 0.3) is 0 Å². The lowest BCUT2D eigenvalue weighted by Gasteiger charge is -1.77. The first-order valence-corrected chi connectivity index (χ1v) is 2.83. The number of allylic oxidation sites excluding steroid dienone is 4. The van der Waals surface area contributed by atoms with Crippen LogP contribution in [-0.4, -0.2) is 6.72 Å². The average molecular weight is 122 g/mol. The second-order valence-corrected chi connectivity index (χ2v) is 1.53. The Labute approximate surface area is 56.1 Å². The van der Waals surface area contributed by atoms with Crippen molar-refractivity contribution in [1.82, 2.24) is 0 Å². The van der Waals surface area contributed by atoms with Crippen LogP contribution in [0.5, 0.6) is 0 Å². The lowest BCUT2D eigenvalue weighted by molar-refractivity contribution is -0.379. The summed E-state index contributed by atoms with van der Waals surface area (Å²) < 4.78 is 0. The first-order chi connectivity index (χ1) is 4.35. The predicted octanol–water partition coefficient (Wildman–Crippen LogP) is 0.414. The van der Waals surface area contributed by atoms with Crippen molar-refractivity contribution >= 4 is 6.72 Å². The second kappa shape index (κ2) is 5.04. The third-order valence-electron chi connectivity index (χ3n) is 0.892. The van der Waals surface area contributed by atoms with E-state index in [0.29, 0.717) is 0 Å². The standard InChI is InChI=1S/C8H11N/c1-4-6-7-8(5-2)9-3/h4-7H,2-3H2,1H3/p+1/b6-4-,8-7+. The zero-order chi connectivity index (χ0) is 7.11. The number of hydrogen-bond donors (Lipinski definition) is 1. The van der Waals surface area contributed by atoms with Gasteiger partial charge in [0.2, 0.25) is 5.70 Å². The zero-order valence-electron chi connectivity index (χ0n) is 5.72. The van der Waals surface area contributed by atoms with Gasteiger partial charge in [-0.1, -0.05) is 18.7 Å². The molecule has 48 valence electrons. The largest absolute Gasteiger partial charge is 0.218 e. The van der Waals surface area contributed by atoms with Crippen molar-refractivity contribution in [3.05, 3.63) is 36.6 Å². The topological polar surface area (TPSA) is 14.0 Å². The summed E-state index contributed by atoms with van der Waals surface area (Å²) in [5, 5.41) is 0. The fraction of sp³-hybridized carbons (Fsp3) is 0.125. The molecule has 0 aromatic rings. The first kappa shape index (κ1) is 7.89. The van der Waals surface area contributed by atoms with Crippen molar-refractivity contribution in [2.45, 2.75) is 6.92 Å². The molecule has 0 fully saturated rings. The Morgan fingerprint density at radius 3 is 2.56 bits per heavy atom. The van der Waals surface area contributed by atoms with Gasteiger partial charge >= 0.3 is 0 Å². The number of nitrogens with one attached hydrogen (secondary N) is 1. The van der Waals surface area contributed by atoms with Crippen LogP contribution in [-0.2, 0) is 0 Å². The predicted molar refractivity (Wildman–Crippen MR) is 41.2 cm³/mol. The second-order valence-electron chi connectivity index (χ2n) is 1.53. The first-order valence-electron chi connectivity index (χ1n) is 2.83. The minimum absolute atomic E-state index is 0.924. The van der Waals surface area contributed by atoms with Gasteiger partial charge in [0.25, 0.3) is 0 Å². The Morgan fingerprint density at radius 1 is 1.56 bits per heavy atom. The van der Waals surface area contributed by atoms with Crippen molar-refractivity contribution in [2.24, 2.45) is 0 Å². The quantitative estimate of drug-likeness (QED) is 0.412. The Hall–Kier alpha value is -1.11. The minimum atomic E-state index is 0.924. The van der Waals surface area contributed by atoms with Crippen LogP contribution in [0, 0.1) is 0 Å². The van der Waals surface area contributed by atoms with Gasteiger partial charge in [-0.3, -0.25) is 0 Å². The van der Waals surface area contributed by atoms with Crippen LogP contribution in [0.1, 0.15) is 6.92 Å². The van der Waals surface area contributed by atoms with Gasteiger partial charge in [0.05, 0.1) is 0 Å². The molecule has 0 rings (SSSR count). The molecule has 0 unspecified atom stereocenters. The van der Waals surface area contributed by atoms with Crippen LogP contribution in [0.2, 0.25) is 0 Å². The molecule has 0 spiro atoms. The van der Waals surface area contributed by atoms with E-state index in [4.69, 9.17) is 0 Å². The molecule has 0 saturated carbocycles. The molecule has 0 aromatic heterocycles. The summed E-state index contributed by atoms with van der Waals surface area (Å²) in [5.41, 5.74) is 0.924. The van der Waals surface area contributed by atoms with Crippen molar-refractivity contribution < 1.29 is 4.99 Å². The summed E-state index contributed by atoms with van der Waals surface area (Å²) in [6.45, 7) is 9.03. The van der Waals surface area contributed by atoms with Gasteiger partial charge < -0.3 is 0 Å². The molecule has 0 aromatic carbocycles. The van der Waals surface area contributed by atoms with E-state index in [9.17, 15) is 0 Å². The van der Waals surface area contributed by atoms with Crippen LogP contribution in [0.4, 0.5) is 0 Å². The Bertz CT molecular complexity index is 142. The van der Waals surface area contributed by atoms with Crippen molar-refractivity contribution in [3.8, 4) is 0 Å². The molecule has 0 amide bonds. The molecule has 0 aliphatic rings. The lowest BCUT2D eigenvalue weighted by atomic mass is 10.4. The SMILES string of the molecule is C=C/C(=C\C=C/C)[NH+]=C. The molecular formula is C8H12N+. The molecule has 1 heteroatoms. The highest BCUT2D eigenvalue weighted by molar-refractivity contribution is 5.20. The zero-order valence-corrected chi connectivity index (χ0v) is 5.72. The molecule has 0 aliphatic carbocycles. The summed E-state index contributed by atoms with van der Waals surface area (Å²) in [6, 6.07) is 0. The Morgan fingerprint density at radius 2 is 2.22 bits per heavy atom. The van der Waals surface area contributed by atoms with Gasteiger partial charge in [0, 0.05) is 12.2 Å². The highest BCUT2D eigenvalue weighted by Gasteiger charge is 1.84. The maximum atomic E-state index is 3.58. The fourth-order valence-electron chi connectivity index (χ4n) is 0.399. The van der Waals surface area contributed by atoms with E-state index < -0.39 is 0 Å². The molecule has 0 heterocycles. The van der Waals surface area contributed by atoms with Gasteiger partial charge in [-0.2, -0.15) is 0 Å². The van der Waals surface area contributed by atoms with E-state index in [-0.39, 0.29) is 0 Å². The smallest absolute Gasteiger partial charge is 0.202 e. The van der Waals surface area contributed by atoms with E-state index >= 15 is 0 Å². The molecule has 0 saturated heterocycles. The van der Waals surface area contributed by atoms with Crippen molar-refractivity contribution in [1.29, 1.82) is 0 Å². The van der Waals surface area contributed by atoms with Crippen LogP contribution in [0.15, 0.2) is 36.6 Å². The van der Waals surface area contributed by atoms with E-state index in [2.05, 4.69) is 18.3 Å². The molecule has 9 heavy (non-hydrogen) atoms. The van der Waals surface area contributed by atoms with Crippen molar-refractivity contribution in [2.75, 3.05) is 0 Å². The van der Waals surface area contributed by atoms with Gasteiger partial charge in [0.15, 0.2) is 0 Å². The molecular weight excluding hydrogens is 110 g/mol. The van der Waals surface area contributed by atoms with E-state index in [1.54, 1.807) is 6.08 Å². The molecule has 1 N–H and O–H groups in total. The van der Waals surface area contributed by atoms with Gasteiger partial charge in [0.1, 0.15) is 6.72 Å². The highest BCUT2D eigenvalue weighted by atomic mass is 14.7. The Balaban J connectivity index is 4.06. The molecule has 0 bridgehead atoms. The maximum absolute atomic E-state index is 3.58. The minimum Gasteiger partial charge on any atom is -0.218 e. The third kappa shape index (κ3) is 3.47. The number of rotatable bonds is 3. The average Bonchev–Trinajstić information content (AvgIpc) is 1.91. The summed E-state index contributed by atoms with van der Waals surface area (Å²) in [5.74, 6) is 0. The Kier molecular flexibility index (Phi) is 4.41. The highest BCUT2D eigenvalue weighted by Crippen LogP contribution is 1.81. The molecule has 0 atom stereocenters. The molecule has 0 aliphatic heterocycles. The van der Waals surface area contributed by atoms with Gasteiger partial charge in [-0.05, 0) is 6.92 Å². The lowest BCUT2D eigenvalue weighted by Crippen LogP contribution is -2.62. The maximum Gasteiger partial charge on any atom is 0.202 e. The van der Waals surface area contributed by atoms with E-state index in [1.165, 1.54) is 0 Å². The van der Waals surface area contributed by atoms with Gasteiger partial charge in [-0.15, -0.1) is 0 Å². The summed E-state index contributed by atoms with van der Waals surface area (Å²) >= 11 is 0. The van der Waals surface area contributed by atoms with Crippen LogP contribution >= 0.6 is 0 Å². The fourth-order valence-corrected chi connectivity index (χ4v) is 0.399. The van der Waals surface area contributed by atoms with E-state index in [1.807, 2.05) is 25.2 Å². The third-order valence-corrected chi connectivity index (χ3v) is 0.892.